The molecule has 3 rings (SSSR count). The van der Waals surface area contributed by atoms with Crippen molar-refractivity contribution in [2.75, 3.05) is 0 Å². The van der Waals surface area contributed by atoms with Crippen LogP contribution >= 0.6 is 11.6 Å². The van der Waals surface area contributed by atoms with Crippen LogP contribution in [0.5, 0.6) is 0 Å². The summed E-state index contributed by atoms with van der Waals surface area (Å²) in [5.74, 6) is -0.964. The van der Waals surface area contributed by atoms with Gasteiger partial charge < -0.3 is 9.67 Å². The molecule has 4 nitrogen and oxygen atoms in total. The summed E-state index contributed by atoms with van der Waals surface area (Å²) < 4.78 is 1.98. The Hall–Kier alpha value is -2.85. The SMILES string of the molecule is Cc1ccc(-n2cccc2C=Nc2cc(C(=O)O)ccc2C)cc1Cl. The van der Waals surface area contributed by atoms with Crippen LogP contribution in [0.15, 0.2) is 59.7 Å². The summed E-state index contributed by atoms with van der Waals surface area (Å²) in [7, 11) is 0. The van der Waals surface area contributed by atoms with E-state index in [1.165, 1.54) is 0 Å². The second-order valence-electron chi connectivity index (χ2n) is 5.80. The van der Waals surface area contributed by atoms with Crippen LogP contribution in [0.25, 0.3) is 5.69 Å². The maximum absolute atomic E-state index is 11.1. The Bertz CT molecular complexity index is 974. The summed E-state index contributed by atoms with van der Waals surface area (Å²) in [4.78, 5) is 15.6. The molecule has 25 heavy (non-hydrogen) atoms. The van der Waals surface area contributed by atoms with E-state index in [2.05, 4.69) is 4.99 Å². The number of aromatic nitrogens is 1. The molecule has 0 amide bonds. The molecule has 0 spiro atoms. The zero-order chi connectivity index (χ0) is 18.0. The number of nitrogens with zero attached hydrogens (tertiary/aromatic N) is 2. The fourth-order valence-electron chi connectivity index (χ4n) is 2.48. The van der Waals surface area contributed by atoms with Crippen molar-refractivity contribution in [2.45, 2.75) is 13.8 Å². The van der Waals surface area contributed by atoms with Crippen molar-refractivity contribution in [1.29, 1.82) is 0 Å². The van der Waals surface area contributed by atoms with Crippen molar-refractivity contribution in [3.05, 3.63) is 82.1 Å². The van der Waals surface area contributed by atoms with E-state index in [9.17, 15) is 4.79 Å². The highest BCUT2D eigenvalue weighted by Crippen LogP contribution is 2.22. The third kappa shape index (κ3) is 3.64. The van der Waals surface area contributed by atoms with E-state index in [1.807, 2.05) is 54.9 Å². The van der Waals surface area contributed by atoms with Crippen molar-refractivity contribution >= 4 is 29.5 Å². The lowest BCUT2D eigenvalue weighted by Crippen LogP contribution is -1.98. The van der Waals surface area contributed by atoms with Gasteiger partial charge in [0.25, 0.3) is 0 Å². The van der Waals surface area contributed by atoms with E-state index in [1.54, 1.807) is 24.4 Å². The summed E-state index contributed by atoms with van der Waals surface area (Å²) >= 11 is 6.22. The first-order valence-electron chi connectivity index (χ1n) is 7.77. The fourth-order valence-corrected chi connectivity index (χ4v) is 2.66. The van der Waals surface area contributed by atoms with Gasteiger partial charge in [-0.25, -0.2) is 4.79 Å². The number of benzene rings is 2. The second kappa shape index (κ2) is 6.95. The van der Waals surface area contributed by atoms with Crippen LogP contribution in [0.1, 0.15) is 27.2 Å². The van der Waals surface area contributed by atoms with Gasteiger partial charge in [-0.1, -0.05) is 23.7 Å². The van der Waals surface area contributed by atoms with Crippen LogP contribution in [-0.4, -0.2) is 21.9 Å². The topological polar surface area (TPSA) is 54.6 Å². The molecule has 1 aromatic heterocycles. The lowest BCUT2D eigenvalue weighted by atomic mass is 10.1. The number of carboxylic acids is 1. The molecule has 0 saturated heterocycles. The average molecular weight is 353 g/mol. The first-order valence-corrected chi connectivity index (χ1v) is 8.15. The van der Waals surface area contributed by atoms with E-state index >= 15 is 0 Å². The second-order valence-corrected chi connectivity index (χ2v) is 6.21. The van der Waals surface area contributed by atoms with E-state index in [4.69, 9.17) is 16.7 Å². The summed E-state index contributed by atoms with van der Waals surface area (Å²) in [5.41, 5.74) is 4.61. The Labute approximate surface area is 151 Å². The first kappa shape index (κ1) is 17.0. The highest BCUT2D eigenvalue weighted by molar-refractivity contribution is 6.31. The molecule has 0 aliphatic heterocycles. The van der Waals surface area contributed by atoms with Crippen molar-refractivity contribution in [2.24, 2.45) is 4.99 Å². The number of rotatable bonds is 4. The summed E-state index contributed by atoms with van der Waals surface area (Å²) in [6.45, 7) is 3.86. The molecular formula is C20H17ClN2O2. The molecule has 0 saturated carbocycles. The maximum Gasteiger partial charge on any atom is 0.335 e. The third-order valence-electron chi connectivity index (χ3n) is 4.01. The van der Waals surface area contributed by atoms with Crippen LogP contribution in [0.4, 0.5) is 5.69 Å². The molecule has 126 valence electrons. The Balaban J connectivity index is 1.96. The summed E-state index contributed by atoms with van der Waals surface area (Å²) in [6, 6.07) is 14.6. The summed E-state index contributed by atoms with van der Waals surface area (Å²) in [5, 5.41) is 9.83. The molecular weight excluding hydrogens is 336 g/mol. The zero-order valence-electron chi connectivity index (χ0n) is 13.9. The van der Waals surface area contributed by atoms with Gasteiger partial charge in [0.2, 0.25) is 0 Å². The number of hydrogen-bond donors (Lipinski definition) is 1. The Morgan fingerprint density at radius 3 is 2.60 bits per heavy atom. The maximum atomic E-state index is 11.1. The highest BCUT2D eigenvalue weighted by atomic mass is 35.5. The Morgan fingerprint density at radius 1 is 1.12 bits per heavy atom. The quantitative estimate of drug-likeness (QED) is 0.656. The van der Waals surface area contributed by atoms with Crippen LogP contribution in [0.3, 0.4) is 0 Å². The number of aliphatic imine (C=N–C) groups is 1. The van der Waals surface area contributed by atoms with E-state index in [0.717, 1.165) is 22.5 Å². The first-order chi connectivity index (χ1) is 12.0. The molecule has 0 unspecified atom stereocenters. The lowest BCUT2D eigenvalue weighted by Gasteiger charge is -2.08. The molecule has 0 aliphatic carbocycles. The Kier molecular flexibility index (Phi) is 4.72. The standard InChI is InChI=1S/C20H17ClN2O2/c1-13-6-8-16(11-18(13)21)23-9-3-4-17(23)12-22-19-10-15(20(24)25)7-5-14(19)2/h3-12H,1-2H3,(H,24,25). The molecule has 3 aromatic rings. The molecule has 2 aromatic carbocycles. The van der Waals surface area contributed by atoms with Gasteiger partial charge >= 0.3 is 5.97 Å². The minimum Gasteiger partial charge on any atom is -0.478 e. The number of carbonyl (C=O) groups is 1. The van der Waals surface area contributed by atoms with Gasteiger partial charge in [0.05, 0.1) is 23.2 Å². The highest BCUT2D eigenvalue weighted by Gasteiger charge is 2.06. The third-order valence-corrected chi connectivity index (χ3v) is 4.41. The van der Waals surface area contributed by atoms with E-state index < -0.39 is 5.97 Å². The number of carboxylic acid groups (broad SMARTS) is 1. The van der Waals surface area contributed by atoms with E-state index in [-0.39, 0.29) is 5.56 Å². The molecule has 1 N–H and O–H groups in total. The van der Waals surface area contributed by atoms with Crippen molar-refractivity contribution in [3.8, 4) is 5.69 Å². The minimum atomic E-state index is -0.964. The minimum absolute atomic E-state index is 0.221. The summed E-state index contributed by atoms with van der Waals surface area (Å²) in [6.07, 6.45) is 3.66. The van der Waals surface area contributed by atoms with Crippen molar-refractivity contribution in [3.63, 3.8) is 0 Å². The average Bonchev–Trinajstić information content (AvgIpc) is 3.05. The number of hydrogen-bond acceptors (Lipinski definition) is 2. The predicted molar refractivity (Wildman–Crippen MR) is 101 cm³/mol. The van der Waals surface area contributed by atoms with Crippen LogP contribution in [-0.2, 0) is 0 Å². The molecule has 1 heterocycles. The van der Waals surface area contributed by atoms with E-state index in [0.29, 0.717) is 10.7 Å². The monoisotopic (exact) mass is 352 g/mol. The smallest absolute Gasteiger partial charge is 0.335 e. The van der Waals surface area contributed by atoms with Gasteiger partial charge in [-0.15, -0.1) is 0 Å². The van der Waals surface area contributed by atoms with Crippen LogP contribution < -0.4 is 0 Å². The molecule has 0 fully saturated rings. The largest absolute Gasteiger partial charge is 0.478 e. The molecule has 0 radical (unpaired) electrons. The molecule has 0 atom stereocenters. The number of aryl methyl sites for hydroxylation is 2. The molecule has 0 bridgehead atoms. The molecule has 0 aliphatic rings. The van der Waals surface area contributed by atoms with Gasteiger partial charge in [0.1, 0.15) is 0 Å². The van der Waals surface area contributed by atoms with Gasteiger partial charge in [-0.2, -0.15) is 0 Å². The van der Waals surface area contributed by atoms with Crippen LogP contribution in [0, 0.1) is 13.8 Å². The normalized spacial score (nSPS) is 11.2. The Morgan fingerprint density at radius 2 is 1.88 bits per heavy atom. The van der Waals surface area contributed by atoms with Crippen LogP contribution in [0.2, 0.25) is 5.02 Å². The lowest BCUT2D eigenvalue weighted by molar-refractivity contribution is 0.0697. The fraction of sp³-hybridized carbons (Fsp3) is 0.100. The zero-order valence-corrected chi connectivity index (χ0v) is 14.7. The predicted octanol–water partition coefficient (Wildman–Crippen LogP) is 5.20. The molecule has 5 heteroatoms. The number of halogens is 1. The van der Waals surface area contributed by atoms with Gasteiger partial charge in [0.15, 0.2) is 0 Å². The number of aromatic carboxylic acids is 1. The van der Waals surface area contributed by atoms with Crippen molar-refractivity contribution < 1.29 is 9.90 Å². The van der Waals surface area contributed by atoms with Gasteiger partial charge in [-0.3, -0.25) is 4.99 Å². The van der Waals surface area contributed by atoms with Gasteiger partial charge in [0, 0.05) is 16.9 Å². The van der Waals surface area contributed by atoms with Crippen molar-refractivity contribution in [1.82, 2.24) is 4.57 Å². The van der Waals surface area contributed by atoms with Gasteiger partial charge in [-0.05, 0) is 61.4 Å².